The number of ether oxygens (including phenoxy) is 1. The van der Waals surface area contributed by atoms with Crippen molar-refractivity contribution in [2.45, 2.75) is 0 Å². The van der Waals surface area contributed by atoms with E-state index in [2.05, 4.69) is 4.98 Å². The molecule has 0 aliphatic rings. The molecular formula is C12H10FN3O3. The second kappa shape index (κ2) is 4.89. The number of nitro groups is 1. The van der Waals surface area contributed by atoms with E-state index in [-0.39, 0.29) is 28.5 Å². The number of hydrogen-bond donors (Lipinski definition) is 1. The van der Waals surface area contributed by atoms with Crippen molar-refractivity contribution in [1.29, 1.82) is 0 Å². The number of anilines is 1. The fourth-order valence-corrected chi connectivity index (χ4v) is 1.68. The number of nitrogens with two attached hydrogens (primary N) is 1. The molecule has 0 bridgehead atoms. The Kier molecular flexibility index (Phi) is 3.28. The third-order valence-corrected chi connectivity index (χ3v) is 2.51. The van der Waals surface area contributed by atoms with Crippen LogP contribution in [-0.4, -0.2) is 17.0 Å². The van der Waals surface area contributed by atoms with Crippen molar-refractivity contribution in [2.24, 2.45) is 0 Å². The second-order valence-corrected chi connectivity index (χ2v) is 3.71. The predicted molar refractivity (Wildman–Crippen MR) is 67.2 cm³/mol. The van der Waals surface area contributed by atoms with Crippen LogP contribution in [0.25, 0.3) is 11.3 Å². The molecule has 0 amide bonds. The number of hydrogen-bond acceptors (Lipinski definition) is 5. The van der Waals surface area contributed by atoms with E-state index < -0.39 is 10.7 Å². The molecule has 0 unspecified atom stereocenters. The molecule has 2 rings (SSSR count). The van der Waals surface area contributed by atoms with E-state index >= 15 is 0 Å². The van der Waals surface area contributed by atoms with Gasteiger partial charge in [-0.25, -0.2) is 9.37 Å². The van der Waals surface area contributed by atoms with Crippen LogP contribution >= 0.6 is 0 Å². The second-order valence-electron chi connectivity index (χ2n) is 3.71. The lowest BCUT2D eigenvalue weighted by Gasteiger charge is -2.08. The van der Waals surface area contributed by atoms with Crippen molar-refractivity contribution in [2.75, 3.05) is 12.8 Å². The monoisotopic (exact) mass is 263 g/mol. The molecule has 1 aromatic heterocycles. The summed E-state index contributed by atoms with van der Waals surface area (Å²) in [6.45, 7) is 0. The average molecular weight is 263 g/mol. The summed E-state index contributed by atoms with van der Waals surface area (Å²) in [5.41, 5.74) is 5.42. The van der Waals surface area contributed by atoms with Gasteiger partial charge in [0.1, 0.15) is 17.4 Å². The topological polar surface area (TPSA) is 91.3 Å². The fraction of sp³-hybridized carbons (Fsp3) is 0.0833. The molecule has 0 saturated carbocycles. The summed E-state index contributed by atoms with van der Waals surface area (Å²) in [7, 11) is 1.38. The van der Waals surface area contributed by atoms with Gasteiger partial charge in [-0.15, -0.1) is 0 Å². The number of aromatic nitrogens is 1. The summed E-state index contributed by atoms with van der Waals surface area (Å²) < 4.78 is 18.4. The van der Waals surface area contributed by atoms with Crippen LogP contribution in [0.4, 0.5) is 15.9 Å². The molecule has 2 N–H and O–H groups in total. The summed E-state index contributed by atoms with van der Waals surface area (Å²) in [5.74, 6) is -0.163. The molecule has 1 heterocycles. The maximum Gasteiger partial charge on any atom is 0.295 e. The van der Waals surface area contributed by atoms with Gasteiger partial charge in [0.25, 0.3) is 5.69 Å². The van der Waals surface area contributed by atoms with Crippen LogP contribution in [-0.2, 0) is 0 Å². The van der Waals surface area contributed by atoms with Gasteiger partial charge in [-0.1, -0.05) is 0 Å². The van der Waals surface area contributed by atoms with Crippen LogP contribution in [0.3, 0.4) is 0 Å². The van der Waals surface area contributed by atoms with Crippen molar-refractivity contribution in [3.63, 3.8) is 0 Å². The first kappa shape index (κ1) is 12.7. The SMILES string of the molecule is COc1ccc(F)cc1-c1nc(N)ccc1[N+](=O)[O-]. The van der Waals surface area contributed by atoms with Crippen molar-refractivity contribution in [3.05, 3.63) is 46.3 Å². The van der Waals surface area contributed by atoms with Crippen LogP contribution in [0.15, 0.2) is 30.3 Å². The van der Waals surface area contributed by atoms with Crippen molar-refractivity contribution < 1.29 is 14.1 Å². The Bertz CT molecular complexity index is 646. The van der Waals surface area contributed by atoms with Crippen LogP contribution in [0.2, 0.25) is 0 Å². The van der Waals surface area contributed by atoms with E-state index in [0.717, 1.165) is 6.07 Å². The van der Waals surface area contributed by atoms with Crippen molar-refractivity contribution >= 4 is 11.5 Å². The minimum absolute atomic E-state index is 0.0265. The summed E-state index contributed by atoms with van der Waals surface area (Å²) in [5, 5.41) is 11.0. The Balaban J connectivity index is 2.73. The highest BCUT2D eigenvalue weighted by Crippen LogP contribution is 2.35. The Morgan fingerprint density at radius 1 is 1.37 bits per heavy atom. The first-order valence-corrected chi connectivity index (χ1v) is 5.27. The van der Waals surface area contributed by atoms with Gasteiger partial charge in [0.15, 0.2) is 5.69 Å². The number of rotatable bonds is 3. The summed E-state index contributed by atoms with van der Waals surface area (Å²) in [4.78, 5) is 14.3. The smallest absolute Gasteiger partial charge is 0.295 e. The molecule has 6 nitrogen and oxygen atoms in total. The Morgan fingerprint density at radius 2 is 2.11 bits per heavy atom. The molecular weight excluding hydrogens is 253 g/mol. The Hall–Kier alpha value is -2.70. The quantitative estimate of drug-likeness (QED) is 0.678. The predicted octanol–water partition coefficient (Wildman–Crippen LogP) is 2.39. The van der Waals surface area contributed by atoms with E-state index in [9.17, 15) is 14.5 Å². The highest BCUT2D eigenvalue weighted by molar-refractivity contribution is 5.76. The molecule has 0 spiro atoms. The van der Waals surface area contributed by atoms with E-state index in [1.807, 2.05) is 0 Å². The molecule has 0 aliphatic carbocycles. The first-order chi connectivity index (χ1) is 9.02. The lowest BCUT2D eigenvalue weighted by Crippen LogP contribution is -2.00. The number of pyridine rings is 1. The lowest BCUT2D eigenvalue weighted by molar-refractivity contribution is -0.384. The number of halogens is 1. The van der Waals surface area contributed by atoms with Gasteiger partial charge < -0.3 is 10.5 Å². The number of nitrogen functional groups attached to an aromatic ring is 1. The highest BCUT2D eigenvalue weighted by atomic mass is 19.1. The molecule has 0 radical (unpaired) electrons. The summed E-state index contributed by atoms with van der Waals surface area (Å²) in [6.07, 6.45) is 0. The molecule has 0 atom stereocenters. The van der Waals surface area contributed by atoms with Gasteiger partial charge in [0.05, 0.1) is 17.6 Å². The van der Waals surface area contributed by atoms with Gasteiger partial charge in [0.2, 0.25) is 0 Å². The van der Waals surface area contributed by atoms with E-state index in [1.165, 1.54) is 31.4 Å². The van der Waals surface area contributed by atoms with Gasteiger partial charge in [-0.2, -0.15) is 0 Å². The molecule has 1 aromatic carbocycles. The molecule has 19 heavy (non-hydrogen) atoms. The molecule has 98 valence electrons. The van der Waals surface area contributed by atoms with Crippen LogP contribution in [0.5, 0.6) is 5.75 Å². The third-order valence-electron chi connectivity index (χ3n) is 2.51. The average Bonchev–Trinajstić information content (AvgIpc) is 2.38. The lowest BCUT2D eigenvalue weighted by atomic mass is 10.1. The molecule has 7 heteroatoms. The Morgan fingerprint density at radius 3 is 2.74 bits per heavy atom. The number of methoxy groups -OCH3 is 1. The van der Waals surface area contributed by atoms with Crippen LogP contribution in [0.1, 0.15) is 0 Å². The van der Waals surface area contributed by atoms with Gasteiger partial charge in [-0.3, -0.25) is 10.1 Å². The zero-order valence-corrected chi connectivity index (χ0v) is 9.96. The maximum atomic E-state index is 13.3. The highest BCUT2D eigenvalue weighted by Gasteiger charge is 2.20. The molecule has 0 aliphatic heterocycles. The summed E-state index contributed by atoms with van der Waals surface area (Å²) in [6, 6.07) is 6.22. The van der Waals surface area contributed by atoms with E-state index in [0.29, 0.717) is 0 Å². The van der Waals surface area contributed by atoms with Crippen LogP contribution < -0.4 is 10.5 Å². The zero-order valence-electron chi connectivity index (χ0n) is 9.96. The first-order valence-electron chi connectivity index (χ1n) is 5.27. The molecule has 0 fully saturated rings. The number of benzene rings is 1. The number of nitrogens with zero attached hydrogens (tertiary/aromatic N) is 2. The minimum atomic E-state index is -0.605. The summed E-state index contributed by atoms with van der Waals surface area (Å²) >= 11 is 0. The van der Waals surface area contributed by atoms with Crippen molar-refractivity contribution in [1.82, 2.24) is 4.98 Å². The van der Waals surface area contributed by atoms with Gasteiger partial charge >= 0.3 is 0 Å². The van der Waals surface area contributed by atoms with Gasteiger partial charge in [0, 0.05) is 6.07 Å². The van der Waals surface area contributed by atoms with E-state index in [4.69, 9.17) is 10.5 Å². The maximum absolute atomic E-state index is 13.3. The van der Waals surface area contributed by atoms with Crippen LogP contribution in [0, 0.1) is 15.9 Å². The minimum Gasteiger partial charge on any atom is -0.496 e. The fourth-order valence-electron chi connectivity index (χ4n) is 1.68. The van der Waals surface area contributed by atoms with E-state index in [1.54, 1.807) is 0 Å². The van der Waals surface area contributed by atoms with Crippen molar-refractivity contribution in [3.8, 4) is 17.0 Å². The normalized spacial score (nSPS) is 10.2. The van der Waals surface area contributed by atoms with Gasteiger partial charge in [-0.05, 0) is 24.3 Å². The Labute approximate surface area is 107 Å². The molecule has 2 aromatic rings. The third kappa shape index (κ3) is 2.44. The zero-order chi connectivity index (χ0) is 14.0. The standard InChI is InChI=1S/C12H10FN3O3/c1-19-10-4-2-7(13)6-8(10)12-9(16(17)18)3-5-11(14)15-12/h2-6H,1H3,(H2,14,15). The molecule has 0 saturated heterocycles. The largest absolute Gasteiger partial charge is 0.496 e.